The lowest BCUT2D eigenvalue weighted by molar-refractivity contribution is -0.991. The number of fused-ring (bicyclic) bond motifs is 1. The van der Waals surface area contributed by atoms with Crippen LogP contribution in [0.3, 0.4) is 0 Å². The summed E-state index contributed by atoms with van der Waals surface area (Å²) in [4.78, 5) is 24.4. The van der Waals surface area contributed by atoms with E-state index in [9.17, 15) is 14.8 Å². The highest BCUT2D eigenvalue weighted by Crippen LogP contribution is 2.27. The summed E-state index contributed by atoms with van der Waals surface area (Å²) < 4.78 is 0. The molecule has 2 aromatic rings. The Labute approximate surface area is 120 Å². The van der Waals surface area contributed by atoms with Crippen molar-refractivity contribution in [2.24, 2.45) is 0 Å². The maximum atomic E-state index is 12.2. The van der Waals surface area contributed by atoms with Gasteiger partial charge in [-0.2, -0.15) is 5.23 Å². The number of Topliss-reactive ketones (excluding diaryl/α,β-unsaturated/α-hetero) is 2. The second-order valence-electron chi connectivity index (χ2n) is 4.69. The Morgan fingerprint density at radius 3 is 1.90 bits per heavy atom. The lowest BCUT2D eigenvalue weighted by Crippen LogP contribution is -2.99. The van der Waals surface area contributed by atoms with E-state index in [4.69, 9.17) is 5.21 Å². The van der Waals surface area contributed by atoms with E-state index in [0.717, 1.165) is 0 Å². The number of allylic oxidation sites excluding steroid dienone is 1. The molecule has 1 aliphatic carbocycles. The standard InChI is InChI=1S/C16H11NO4/c18-15-12-3-1-2-4-13(12)16(19)14(15)9-10-5-7-11(8-6-10)17(20)21/h1-9,17,20H. The van der Waals surface area contributed by atoms with Crippen molar-refractivity contribution in [3.05, 3.63) is 76.0 Å². The molecule has 5 nitrogen and oxygen atoms in total. The van der Waals surface area contributed by atoms with E-state index in [1.165, 1.54) is 18.2 Å². The van der Waals surface area contributed by atoms with Crippen LogP contribution in [-0.4, -0.2) is 16.8 Å². The second kappa shape index (κ2) is 5.06. The maximum Gasteiger partial charge on any atom is 0.197 e. The van der Waals surface area contributed by atoms with Gasteiger partial charge in [-0.1, -0.05) is 24.3 Å². The molecule has 0 spiro atoms. The SMILES string of the molecule is O=C1C(=Cc2ccc([NH+]([O-])O)cc2)C(=O)c2ccccc21. The third-order valence-corrected chi connectivity index (χ3v) is 3.37. The van der Waals surface area contributed by atoms with Gasteiger partial charge in [-0.25, -0.2) is 5.21 Å². The molecular formula is C16H11NO4. The molecule has 2 N–H and O–H groups in total. The fourth-order valence-electron chi connectivity index (χ4n) is 2.29. The average molecular weight is 281 g/mol. The van der Waals surface area contributed by atoms with Crippen molar-refractivity contribution < 1.29 is 20.0 Å². The van der Waals surface area contributed by atoms with Crippen molar-refractivity contribution in [1.29, 1.82) is 0 Å². The Bertz CT molecular complexity index is 723. The summed E-state index contributed by atoms with van der Waals surface area (Å²) in [6.45, 7) is 0. The van der Waals surface area contributed by atoms with Gasteiger partial charge in [0.2, 0.25) is 0 Å². The molecule has 0 bridgehead atoms. The summed E-state index contributed by atoms with van der Waals surface area (Å²) in [5, 5.41) is 18.6. The topological polar surface area (TPSA) is 81.9 Å². The highest BCUT2D eigenvalue weighted by atomic mass is 16.8. The third kappa shape index (κ3) is 2.30. The average Bonchev–Trinajstić information content (AvgIpc) is 2.73. The number of ketones is 2. The number of nitrogens with one attached hydrogen (secondary N) is 1. The van der Waals surface area contributed by atoms with Crippen LogP contribution >= 0.6 is 0 Å². The van der Waals surface area contributed by atoms with Gasteiger partial charge in [-0.05, 0) is 23.8 Å². The minimum atomic E-state index is -1.02. The fraction of sp³-hybridized carbons (Fsp3) is 0. The normalized spacial score (nSPS) is 15.0. The van der Waals surface area contributed by atoms with Crippen LogP contribution in [0.2, 0.25) is 0 Å². The van der Waals surface area contributed by atoms with Crippen molar-refractivity contribution in [2.75, 3.05) is 0 Å². The summed E-state index contributed by atoms with van der Waals surface area (Å²) in [5.41, 5.74) is 1.71. The zero-order chi connectivity index (χ0) is 15.0. The summed E-state index contributed by atoms with van der Waals surface area (Å²) >= 11 is 0. The van der Waals surface area contributed by atoms with E-state index in [1.807, 2.05) is 0 Å². The van der Waals surface area contributed by atoms with E-state index in [1.54, 1.807) is 36.4 Å². The quantitative estimate of drug-likeness (QED) is 0.497. The highest BCUT2D eigenvalue weighted by molar-refractivity contribution is 6.41. The van der Waals surface area contributed by atoms with Crippen LogP contribution in [0.15, 0.2) is 54.1 Å². The third-order valence-electron chi connectivity index (χ3n) is 3.37. The number of quaternary nitrogens is 1. The molecular weight excluding hydrogens is 270 g/mol. The molecule has 0 fully saturated rings. The van der Waals surface area contributed by atoms with Crippen molar-refractivity contribution in [1.82, 2.24) is 0 Å². The number of carbonyl (C=O) groups excluding carboxylic acids is 2. The molecule has 1 unspecified atom stereocenters. The monoisotopic (exact) mass is 281 g/mol. The van der Waals surface area contributed by atoms with E-state index < -0.39 is 5.23 Å². The van der Waals surface area contributed by atoms with Gasteiger partial charge in [0, 0.05) is 23.3 Å². The van der Waals surface area contributed by atoms with Gasteiger partial charge in [0.05, 0.1) is 5.57 Å². The summed E-state index contributed by atoms with van der Waals surface area (Å²) in [5.74, 6) is -0.587. The molecule has 21 heavy (non-hydrogen) atoms. The number of rotatable bonds is 2. The van der Waals surface area contributed by atoms with Gasteiger partial charge in [0.15, 0.2) is 17.3 Å². The Kier molecular flexibility index (Phi) is 3.23. The summed E-state index contributed by atoms with van der Waals surface area (Å²) in [7, 11) is 0. The molecule has 104 valence electrons. The predicted molar refractivity (Wildman–Crippen MR) is 75.3 cm³/mol. The second-order valence-corrected chi connectivity index (χ2v) is 4.69. The Hall–Kier alpha value is -2.60. The first-order valence-corrected chi connectivity index (χ1v) is 6.31. The smallest absolute Gasteiger partial charge is 0.197 e. The van der Waals surface area contributed by atoms with Gasteiger partial charge < -0.3 is 5.21 Å². The highest BCUT2D eigenvalue weighted by Gasteiger charge is 2.32. The maximum absolute atomic E-state index is 12.2. The zero-order valence-electron chi connectivity index (χ0n) is 10.9. The molecule has 0 heterocycles. The Morgan fingerprint density at radius 1 is 0.905 bits per heavy atom. The molecule has 0 radical (unpaired) electrons. The molecule has 5 heteroatoms. The number of benzene rings is 2. The fourth-order valence-corrected chi connectivity index (χ4v) is 2.29. The first kappa shape index (κ1) is 13.4. The largest absolute Gasteiger partial charge is 0.595 e. The van der Waals surface area contributed by atoms with E-state index in [2.05, 4.69) is 0 Å². The number of carbonyl (C=O) groups is 2. The van der Waals surface area contributed by atoms with Gasteiger partial charge >= 0.3 is 0 Å². The van der Waals surface area contributed by atoms with Crippen LogP contribution in [0.25, 0.3) is 6.08 Å². The Morgan fingerprint density at radius 2 is 1.43 bits per heavy atom. The van der Waals surface area contributed by atoms with Crippen LogP contribution in [0, 0.1) is 5.21 Å². The molecule has 0 saturated carbocycles. The van der Waals surface area contributed by atoms with Crippen LogP contribution in [0.4, 0.5) is 5.69 Å². The predicted octanol–water partition coefficient (Wildman–Crippen LogP) is 1.55. The van der Waals surface area contributed by atoms with Crippen LogP contribution in [-0.2, 0) is 0 Å². The number of hydrogen-bond donors (Lipinski definition) is 2. The minimum absolute atomic E-state index is 0.110. The first-order chi connectivity index (χ1) is 10.1. The molecule has 3 rings (SSSR count). The van der Waals surface area contributed by atoms with Crippen molar-refractivity contribution >= 4 is 23.3 Å². The Balaban J connectivity index is 1.98. The molecule has 0 saturated heterocycles. The molecule has 0 aromatic heterocycles. The van der Waals surface area contributed by atoms with Gasteiger partial charge in [-0.3, -0.25) is 9.59 Å². The van der Waals surface area contributed by atoms with Gasteiger partial charge in [0.25, 0.3) is 0 Å². The first-order valence-electron chi connectivity index (χ1n) is 6.31. The lowest BCUT2D eigenvalue weighted by atomic mass is 10.1. The van der Waals surface area contributed by atoms with Crippen molar-refractivity contribution in [2.45, 2.75) is 0 Å². The van der Waals surface area contributed by atoms with Crippen LogP contribution in [0.1, 0.15) is 26.3 Å². The zero-order valence-corrected chi connectivity index (χ0v) is 10.9. The van der Waals surface area contributed by atoms with Crippen LogP contribution < -0.4 is 5.23 Å². The molecule has 0 aliphatic heterocycles. The molecule has 2 aromatic carbocycles. The lowest BCUT2D eigenvalue weighted by Gasteiger charge is -2.10. The molecule has 0 amide bonds. The van der Waals surface area contributed by atoms with Gasteiger partial charge in [-0.15, -0.1) is 0 Å². The number of hydrogen-bond acceptors (Lipinski definition) is 4. The van der Waals surface area contributed by atoms with E-state index >= 15 is 0 Å². The molecule has 1 aliphatic rings. The van der Waals surface area contributed by atoms with Crippen LogP contribution in [0.5, 0.6) is 0 Å². The van der Waals surface area contributed by atoms with E-state index in [-0.39, 0.29) is 22.8 Å². The van der Waals surface area contributed by atoms with E-state index in [0.29, 0.717) is 16.7 Å². The summed E-state index contributed by atoms with van der Waals surface area (Å²) in [6, 6.07) is 12.7. The summed E-state index contributed by atoms with van der Waals surface area (Å²) in [6.07, 6.45) is 1.50. The van der Waals surface area contributed by atoms with Crippen molar-refractivity contribution in [3.63, 3.8) is 0 Å². The van der Waals surface area contributed by atoms with Crippen molar-refractivity contribution in [3.8, 4) is 0 Å². The minimum Gasteiger partial charge on any atom is -0.595 e. The molecule has 1 atom stereocenters. The van der Waals surface area contributed by atoms with Gasteiger partial charge in [0.1, 0.15) is 0 Å².